The number of hydrogen-bond donors (Lipinski definition) is 1. The number of aliphatic hydroxyl groups excluding tert-OH is 1. The van der Waals surface area contributed by atoms with Crippen LogP contribution in [0.4, 0.5) is 0 Å². The zero-order chi connectivity index (χ0) is 13.8. The van der Waals surface area contributed by atoms with E-state index >= 15 is 0 Å². The summed E-state index contributed by atoms with van der Waals surface area (Å²) in [7, 11) is 0. The van der Waals surface area contributed by atoms with Crippen molar-refractivity contribution in [1.29, 1.82) is 0 Å². The summed E-state index contributed by atoms with van der Waals surface area (Å²) in [6.45, 7) is 4.30. The van der Waals surface area contributed by atoms with E-state index < -0.39 is 6.10 Å². The summed E-state index contributed by atoms with van der Waals surface area (Å²) in [5.74, 6) is 0.721. The lowest BCUT2D eigenvalue weighted by molar-refractivity contribution is 0.190. The molecular formula is C16H17BrO2. The predicted molar refractivity (Wildman–Crippen MR) is 80.3 cm³/mol. The second kappa shape index (κ2) is 6.22. The molecule has 1 unspecified atom stereocenters. The molecule has 0 aromatic heterocycles. The first-order valence-electron chi connectivity index (χ1n) is 6.22. The van der Waals surface area contributed by atoms with Crippen LogP contribution in [0.3, 0.4) is 0 Å². The molecule has 1 N–H and O–H groups in total. The molecule has 0 amide bonds. The summed E-state index contributed by atoms with van der Waals surface area (Å²) in [4.78, 5) is 0. The van der Waals surface area contributed by atoms with Gasteiger partial charge < -0.3 is 9.84 Å². The molecule has 2 rings (SSSR count). The Hall–Kier alpha value is -1.32. The largest absolute Gasteiger partial charge is 0.489 e. The molecule has 2 aromatic rings. The fraction of sp³-hybridized carbons (Fsp3) is 0.250. The molecule has 0 aliphatic heterocycles. The van der Waals surface area contributed by atoms with E-state index in [4.69, 9.17) is 4.74 Å². The molecule has 0 bridgehead atoms. The van der Waals surface area contributed by atoms with Crippen molar-refractivity contribution in [3.63, 3.8) is 0 Å². The highest BCUT2D eigenvalue weighted by atomic mass is 79.9. The first kappa shape index (κ1) is 14.1. The van der Waals surface area contributed by atoms with Gasteiger partial charge >= 0.3 is 0 Å². The molecule has 1 atom stereocenters. The van der Waals surface area contributed by atoms with E-state index in [1.54, 1.807) is 6.92 Å². The Morgan fingerprint density at radius 1 is 1.16 bits per heavy atom. The fourth-order valence-corrected chi connectivity index (χ4v) is 2.20. The lowest BCUT2D eigenvalue weighted by Crippen LogP contribution is -2.01. The van der Waals surface area contributed by atoms with Crippen molar-refractivity contribution in [3.05, 3.63) is 63.6 Å². The van der Waals surface area contributed by atoms with Gasteiger partial charge in [-0.25, -0.2) is 0 Å². The molecule has 0 saturated carbocycles. The zero-order valence-electron chi connectivity index (χ0n) is 11.1. The molecule has 0 radical (unpaired) electrons. The van der Waals surface area contributed by atoms with Crippen LogP contribution in [0.1, 0.15) is 29.7 Å². The molecule has 3 heteroatoms. The van der Waals surface area contributed by atoms with Gasteiger partial charge in [-0.05, 0) is 37.6 Å². The van der Waals surface area contributed by atoms with Gasteiger partial charge in [0.25, 0.3) is 0 Å². The van der Waals surface area contributed by atoms with Gasteiger partial charge in [-0.1, -0.05) is 45.8 Å². The van der Waals surface area contributed by atoms with E-state index in [-0.39, 0.29) is 0 Å². The summed E-state index contributed by atoms with van der Waals surface area (Å²) < 4.78 is 6.73. The molecule has 0 heterocycles. The Kier molecular flexibility index (Phi) is 4.61. The number of ether oxygens (including phenoxy) is 1. The van der Waals surface area contributed by atoms with Crippen LogP contribution in [0.2, 0.25) is 0 Å². The van der Waals surface area contributed by atoms with Crippen LogP contribution >= 0.6 is 15.9 Å². The maximum atomic E-state index is 9.76. The van der Waals surface area contributed by atoms with Crippen LogP contribution in [0.5, 0.6) is 5.75 Å². The van der Waals surface area contributed by atoms with Crippen LogP contribution < -0.4 is 4.74 Å². The molecule has 0 saturated heterocycles. The minimum atomic E-state index is -0.550. The van der Waals surface area contributed by atoms with Crippen molar-refractivity contribution in [2.45, 2.75) is 26.6 Å². The highest BCUT2D eigenvalue weighted by molar-refractivity contribution is 9.10. The van der Waals surface area contributed by atoms with E-state index in [9.17, 15) is 5.11 Å². The predicted octanol–water partition coefficient (Wildman–Crippen LogP) is 4.39. The number of benzene rings is 2. The lowest BCUT2D eigenvalue weighted by Gasteiger charge is -2.14. The van der Waals surface area contributed by atoms with Crippen molar-refractivity contribution >= 4 is 15.9 Å². The van der Waals surface area contributed by atoms with Crippen LogP contribution in [-0.4, -0.2) is 5.11 Å². The molecule has 0 aliphatic carbocycles. The number of rotatable bonds is 4. The Morgan fingerprint density at radius 2 is 1.84 bits per heavy atom. The quantitative estimate of drug-likeness (QED) is 0.905. The second-order valence-electron chi connectivity index (χ2n) is 4.63. The molecule has 2 aromatic carbocycles. The van der Waals surface area contributed by atoms with Crippen LogP contribution in [-0.2, 0) is 6.61 Å². The van der Waals surface area contributed by atoms with Crippen LogP contribution in [0.15, 0.2) is 46.9 Å². The second-order valence-corrected chi connectivity index (χ2v) is 5.55. The summed E-state index contributed by atoms with van der Waals surface area (Å²) in [5.41, 5.74) is 3.14. The van der Waals surface area contributed by atoms with Gasteiger partial charge in [-0.15, -0.1) is 0 Å². The minimum absolute atomic E-state index is 0.502. The monoisotopic (exact) mass is 320 g/mol. The Morgan fingerprint density at radius 3 is 2.47 bits per heavy atom. The zero-order valence-corrected chi connectivity index (χ0v) is 12.6. The first-order chi connectivity index (χ1) is 9.06. The van der Waals surface area contributed by atoms with Crippen LogP contribution in [0.25, 0.3) is 0 Å². The lowest BCUT2D eigenvalue weighted by atomic mass is 10.1. The molecule has 0 spiro atoms. The normalized spacial score (nSPS) is 12.2. The highest BCUT2D eigenvalue weighted by Crippen LogP contribution is 2.29. The summed E-state index contributed by atoms with van der Waals surface area (Å²) in [6, 6.07) is 13.9. The Balaban J connectivity index is 2.13. The Bertz CT molecular complexity index is 547. The van der Waals surface area contributed by atoms with Gasteiger partial charge in [0.2, 0.25) is 0 Å². The van der Waals surface area contributed by atoms with Crippen molar-refractivity contribution < 1.29 is 9.84 Å². The SMILES string of the molecule is Cc1ccc(COc2ccc(Br)cc2C(C)O)cc1. The van der Waals surface area contributed by atoms with E-state index in [0.29, 0.717) is 6.61 Å². The Labute approximate surface area is 122 Å². The van der Waals surface area contributed by atoms with Gasteiger partial charge in [0.1, 0.15) is 12.4 Å². The summed E-state index contributed by atoms with van der Waals surface area (Å²) in [6.07, 6.45) is -0.550. The van der Waals surface area contributed by atoms with Crippen molar-refractivity contribution in [2.24, 2.45) is 0 Å². The average Bonchev–Trinajstić information content (AvgIpc) is 2.39. The van der Waals surface area contributed by atoms with Gasteiger partial charge in [0.05, 0.1) is 6.10 Å². The average molecular weight is 321 g/mol. The first-order valence-corrected chi connectivity index (χ1v) is 7.01. The van der Waals surface area contributed by atoms with E-state index in [0.717, 1.165) is 21.3 Å². The number of aryl methyl sites for hydroxylation is 1. The van der Waals surface area contributed by atoms with Crippen molar-refractivity contribution in [2.75, 3.05) is 0 Å². The molecule has 0 aliphatic rings. The van der Waals surface area contributed by atoms with Gasteiger partial charge in [0.15, 0.2) is 0 Å². The number of aliphatic hydroxyl groups is 1. The summed E-state index contributed by atoms with van der Waals surface area (Å²) in [5, 5.41) is 9.76. The number of hydrogen-bond acceptors (Lipinski definition) is 2. The third-order valence-electron chi connectivity index (χ3n) is 2.94. The maximum absolute atomic E-state index is 9.76. The maximum Gasteiger partial charge on any atom is 0.125 e. The third-order valence-corrected chi connectivity index (χ3v) is 3.43. The smallest absolute Gasteiger partial charge is 0.125 e. The van der Waals surface area contributed by atoms with Gasteiger partial charge in [-0.3, -0.25) is 0 Å². The number of halogens is 1. The van der Waals surface area contributed by atoms with Crippen molar-refractivity contribution in [3.8, 4) is 5.75 Å². The van der Waals surface area contributed by atoms with E-state index in [1.165, 1.54) is 5.56 Å². The molecule has 0 fully saturated rings. The van der Waals surface area contributed by atoms with Crippen LogP contribution in [0, 0.1) is 6.92 Å². The topological polar surface area (TPSA) is 29.5 Å². The molecular weight excluding hydrogens is 304 g/mol. The van der Waals surface area contributed by atoms with Gasteiger partial charge in [0, 0.05) is 10.0 Å². The van der Waals surface area contributed by atoms with E-state index in [1.807, 2.05) is 18.2 Å². The molecule has 100 valence electrons. The van der Waals surface area contributed by atoms with E-state index in [2.05, 4.69) is 47.1 Å². The fourth-order valence-electron chi connectivity index (χ4n) is 1.82. The molecule has 19 heavy (non-hydrogen) atoms. The van der Waals surface area contributed by atoms with Gasteiger partial charge in [-0.2, -0.15) is 0 Å². The highest BCUT2D eigenvalue weighted by Gasteiger charge is 2.10. The van der Waals surface area contributed by atoms with Crippen molar-refractivity contribution in [1.82, 2.24) is 0 Å². The minimum Gasteiger partial charge on any atom is -0.489 e. The summed E-state index contributed by atoms with van der Waals surface area (Å²) >= 11 is 3.40. The standard InChI is InChI=1S/C16H17BrO2/c1-11-3-5-13(6-4-11)10-19-16-8-7-14(17)9-15(16)12(2)18/h3-9,12,18H,10H2,1-2H3. The third kappa shape index (κ3) is 3.82. The molecule has 2 nitrogen and oxygen atoms in total.